The van der Waals surface area contributed by atoms with E-state index in [0.717, 1.165) is 0 Å². The van der Waals surface area contributed by atoms with Crippen molar-refractivity contribution in [3.05, 3.63) is 0 Å². The monoisotopic (exact) mass is 229 g/mol. The number of ether oxygens (including phenoxy) is 2. The van der Waals surface area contributed by atoms with Crippen molar-refractivity contribution >= 4 is 5.78 Å². The number of carbonyl (C=O) groups is 1. The average molecular weight is 229 g/mol. The van der Waals surface area contributed by atoms with Crippen LogP contribution in [0.3, 0.4) is 0 Å². The van der Waals surface area contributed by atoms with E-state index >= 15 is 0 Å². The molecule has 0 bridgehead atoms. The van der Waals surface area contributed by atoms with Crippen LogP contribution in [0.1, 0.15) is 41.0 Å². The van der Waals surface area contributed by atoms with Gasteiger partial charge in [0.2, 0.25) is 0 Å². The minimum Gasteiger partial charge on any atom is -0.352 e. The molecule has 0 N–H and O–H groups in total. The molecular weight excluding hydrogens is 206 g/mol. The predicted molar refractivity (Wildman–Crippen MR) is 62.8 cm³/mol. The van der Waals surface area contributed by atoms with Gasteiger partial charge in [-0.05, 0) is 27.7 Å². The molecule has 0 rings (SSSR count). The van der Waals surface area contributed by atoms with Crippen LogP contribution in [-0.2, 0) is 14.3 Å². The Bertz CT molecular complexity index is 237. The van der Waals surface area contributed by atoms with Crippen molar-refractivity contribution in [2.45, 2.75) is 46.8 Å². The zero-order valence-electron chi connectivity index (χ0n) is 11.4. The fraction of sp³-hybridized carbons (Fsp3) is 0.833. The van der Waals surface area contributed by atoms with Crippen LogP contribution >= 0.6 is 0 Å². The lowest BCUT2D eigenvalue weighted by Gasteiger charge is -2.39. The van der Waals surface area contributed by atoms with Crippen molar-refractivity contribution < 1.29 is 14.3 Å². The van der Waals surface area contributed by atoms with Gasteiger partial charge in [-0.2, -0.15) is 5.26 Å². The summed E-state index contributed by atoms with van der Waals surface area (Å²) < 4.78 is 10.5. The molecule has 94 valence electrons. The number of carbonyl (C=O) groups excluding carboxylic acids is 1. The van der Waals surface area contributed by atoms with E-state index < -0.39 is 11.2 Å². The maximum Gasteiger partial charge on any atom is 0.185 e. The lowest BCUT2D eigenvalue weighted by molar-refractivity contribution is -0.254. The Labute approximate surface area is 98.5 Å². The van der Waals surface area contributed by atoms with Gasteiger partial charge in [-0.1, -0.05) is 6.92 Å². The maximum atomic E-state index is 9.44. The van der Waals surface area contributed by atoms with Gasteiger partial charge in [0.1, 0.15) is 11.2 Å². The number of Topliss-reactive ketones (excluding diaryl/α,β-unsaturated/α-hetero) is 1. The fourth-order valence-corrected chi connectivity index (χ4v) is 1.41. The highest BCUT2D eigenvalue weighted by atomic mass is 16.7. The average Bonchev–Trinajstić information content (AvgIpc) is 2.20. The Hall–Kier alpha value is -0.920. The molecule has 0 atom stereocenters. The first-order valence-electron chi connectivity index (χ1n) is 5.21. The largest absolute Gasteiger partial charge is 0.352 e. The molecule has 0 aliphatic heterocycles. The Morgan fingerprint density at radius 3 is 1.62 bits per heavy atom. The van der Waals surface area contributed by atoms with Crippen LogP contribution in [0.2, 0.25) is 0 Å². The van der Waals surface area contributed by atoms with Crippen LogP contribution in [-0.4, -0.2) is 25.8 Å². The Morgan fingerprint density at radius 2 is 1.56 bits per heavy atom. The molecule has 16 heavy (non-hydrogen) atoms. The van der Waals surface area contributed by atoms with Crippen LogP contribution in [0.15, 0.2) is 0 Å². The number of nitrogens with zero attached hydrogens (tertiary/aromatic N) is 1. The summed E-state index contributed by atoms with van der Waals surface area (Å²) >= 11 is 0. The van der Waals surface area contributed by atoms with Crippen molar-refractivity contribution in [1.29, 1.82) is 5.26 Å². The smallest absolute Gasteiger partial charge is 0.185 e. The van der Waals surface area contributed by atoms with E-state index in [0.29, 0.717) is 6.42 Å². The van der Waals surface area contributed by atoms with Gasteiger partial charge in [0.05, 0.1) is 6.07 Å². The highest BCUT2D eigenvalue weighted by molar-refractivity contribution is 5.72. The lowest BCUT2D eigenvalue weighted by atomic mass is 9.83. The van der Waals surface area contributed by atoms with Gasteiger partial charge in [0.25, 0.3) is 0 Å². The normalized spacial score (nSPS) is 11.1. The third-order valence-electron chi connectivity index (χ3n) is 2.36. The molecule has 0 spiro atoms. The van der Waals surface area contributed by atoms with Crippen LogP contribution < -0.4 is 0 Å². The first kappa shape index (κ1) is 17.5. The van der Waals surface area contributed by atoms with Crippen molar-refractivity contribution in [3.8, 4) is 6.07 Å². The molecule has 0 saturated heterocycles. The summed E-state index contributed by atoms with van der Waals surface area (Å²) in [4.78, 5) is 9.44. The minimum absolute atomic E-state index is 0.167. The predicted octanol–water partition coefficient (Wildman–Crippen LogP) is 2.53. The Balaban J connectivity index is 0. The Morgan fingerprint density at radius 1 is 1.25 bits per heavy atom. The molecule has 0 unspecified atom stereocenters. The highest BCUT2D eigenvalue weighted by Gasteiger charge is 2.45. The second-order valence-corrected chi connectivity index (χ2v) is 4.16. The van der Waals surface area contributed by atoms with Gasteiger partial charge < -0.3 is 14.3 Å². The number of methoxy groups -OCH3 is 2. The maximum absolute atomic E-state index is 9.44. The number of nitriles is 1. The second kappa shape index (κ2) is 7.37. The van der Waals surface area contributed by atoms with Crippen molar-refractivity contribution in [2.24, 2.45) is 5.41 Å². The van der Waals surface area contributed by atoms with Gasteiger partial charge in [-0.3, -0.25) is 0 Å². The van der Waals surface area contributed by atoms with E-state index in [1.807, 2.05) is 20.8 Å². The van der Waals surface area contributed by atoms with Gasteiger partial charge >= 0.3 is 0 Å². The Kier molecular flexibility index (Phi) is 8.05. The van der Waals surface area contributed by atoms with E-state index in [9.17, 15) is 4.79 Å². The van der Waals surface area contributed by atoms with E-state index in [-0.39, 0.29) is 5.78 Å². The molecule has 4 heteroatoms. The molecule has 0 aromatic carbocycles. The zero-order valence-corrected chi connectivity index (χ0v) is 11.4. The standard InChI is InChI=1S/C9H17NO2.C3H6O/c1-6-9(11-4,12-5)8(2,3)7-10;1-3(2)4/h6H2,1-5H3;1-2H3. The number of hydrogen-bond donors (Lipinski definition) is 0. The van der Waals surface area contributed by atoms with Crippen molar-refractivity contribution in [3.63, 3.8) is 0 Å². The molecule has 0 aliphatic rings. The third-order valence-corrected chi connectivity index (χ3v) is 2.36. The summed E-state index contributed by atoms with van der Waals surface area (Å²) in [6, 6.07) is 2.18. The molecule has 0 fully saturated rings. The highest BCUT2D eigenvalue weighted by Crippen LogP contribution is 2.36. The second-order valence-electron chi connectivity index (χ2n) is 4.16. The van der Waals surface area contributed by atoms with Crippen LogP contribution in [0, 0.1) is 16.7 Å². The van der Waals surface area contributed by atoms with E-state index in [4.69, 9.17) is 14.7 Å². The number of rotatable bonds is 4. The number of ketones is 1. The molecule has 4 nitrogen and oxygen atoms in total. The van der Waals surface area contributed by atoms with Gasteiger partial charge in [0, 0.05) is 20.6 Å². The number of hydrogen-bond acceptors (Lipinski definition) is 4. The van der Waals surface area contributed by atoms with E-state index in [1.54, 1.807) is 14.2 Å². The summed E-state index contributed by atoms with van der Waals surface area (Å²) in [6.07, 6.45) is 0.653. The molecule has 0 radical (unpaired) electrons. The van der Waals surface area contributed by atoms with Crippen molar-refractivity contribution in [2.75, 3.05) is 14.2 Å². The molecule has 0 aromatic rings. The van der Waals surface area contributed by atoms with Gasteiger partial charge in [0.15, 0.2) is 5.79 Å². The molecule has 0 aliphatic carbocycles. The minimum atomic E-state index is -0.790. The van der Waals surface area contributed by atoms with E-state index in [1.165, 1.54) is 13.8 Å². The fourth-order valence-electron chi connectivity index (χ4n) is 1.41. The quantitative estimate of drug-likeness (QED) is 0.695. The molecule has 0 saturated carbocycles. The first-order valence-corrected chi connectivity index (χ1v) is 5.21. The van der Waals surface area contributed by atoms with Crippen LogP contribution in [0.4, 0.5) is 0 Å². The third kappa shape index (κ3) is 4.73. The van der Waals surface area contributed by atoms with Gasteiger partial charge in [-0.25, -0.2) is 0 Å². The molecule has 0 aromatic heterocycles. The summed E-state index contributed by atoms with van der Waals surface area (Å²) in [7, 11) is 3.12. The van der Waals surface area contributed by atoms with Crippen LogP contribution in [0.25, 0.3) is 0 Å². The molecular formula is C12H23NO3. The summed E-state index contributed by atoms with van der Waals surface area (Å²) in [5.41, 5.74) is -0.634. The molecule has 0 amide bonds. The first-order chi connectivity index (χ1) is 7.22. The van der Waals surface area contributed by atoms with Crippen LogP contribution in [0.5, 0.6) is 0 Å². The summed E-state index contributed by atoms with van der Waals surface area (Å²) in [5, 5.41) is 8.91. The molecule has 0 heterocycles. The SMILES string of the molecule is CC(C)=O.CCC(OC)(OC)C(C)(C)C#N. The van der Waals surface area contributed by atoms with Gasteiger partial charge in [-0.15, -0.1) is 0 Å². The van der Waals surface area contributed by atoms with E-state index in [2.05, 4.69) is 6.07 Å². The summed E-state index contributed by atoms with van der Waals surface area (Å²) in [5.74, 6) is -0.623. The van der Waals surface area contributed by atoms with Crippen molar-refractivity contribution in [1.82, 2.24) is 0 Å². The summed E-state index contributed by atoms with van der Waals surface area (Å²) in [6.45, 7) is 8.61. The lowest BCUT2D eigenvalue weighted by Crippen LogP contribution is -2.46. The topological polar surface area (TPSA) is 59.3 Å². The zero-order chi connectivity index (χ0) is 13.4.